The first kappa shape index (κ1) is 13.4. The van der Waals surface area contributed by atoms with Gasteiger partial charge in [-0.05, 0) is 24.0 Å². The van der Waals surface area contributed by atoms with Crippen LogP contribution in [0.25, 0.3) is 0 Å². The Hall–Kier alpha value is -1.63. The molecule has 1 aliphatic carbocycles. The van der Waals surface area contributed by atoms with Crippen molar-refractivity contribution in [2.75, 3.05) is 13.1 Å². The van der Waals surface area contributed by atoms with Crippen LogP contribution in [0, 0.1) is 17.7 Å². The Labute approximate surface area is 112 Å². The lowest BCUT2D eigenvalue weighted by Crippen LogP contribution is -2.34. The molecule has 2 atom stereocenters. The summed E-state index contributed by atoms with van der Waals surface area (Å²) < 4.78 is 51.7. The number of piperidine rings is 1. The molecule has 0 radical (unpaired) electrons. The van der Waals surface area contributed by atoms with Gasteiger partial charge in [0.25, 0.3) is 5.91 Å². The zero-order valence-electron chi connectivity index (χ0n) is 10.3. The first-order chi connectivity index (χ1) is 9.30. The van der Waals surface area contributed by atoms with Crippen molar-refractivity contribution in [3.8, 4) is 0 Å². The highest BCUT2D eigenvalue weighted by molar-refractivity contribution is 5.95. The summed E-state index contributed by atoms with van der Waals surface area (Å²) in [6, 6.07) is 2.81. The zero-order valence-corrected chi connectivity index (χ0v) is 10.3. The third-order valence-corrected chi connectivity index (χ3v) is 4.08. The van der Waals surface area contributed by atoms with Crippen LogP contribution in [0.5, 0.6) is 0 Å². The molecule has 2 fully saturated rings. The number of amides is 1. The molecule has 2 aliphatic rings. The molecule has 2 N–H and O–H groups in total. The van der Waals surface area contributed by atoms with Gasteiger partial charge >= 0.3 is 6.18 Å². The zero-order chi connectivity index (χ0) is 14.7. The Morgan fingerprint density at radius 2 is 1.85 bits per heavy atom. The first-order valence-electron chi connectivity index (χ1n) is 6.21. The summed E-state index contributed by atoms with van der Waals surface area (Å²) in [6.45, 7) is 0.778. The molecular formula is C13H12F4N2O. The van der Waals surface area contributed by atoms with Crippen LogP contribution >= 0.6 is 0 Å². The molecule has 1 aromatic rings. The number of benzene rings is 1. The minimum atomic E-state index is -4.81. The molecule has 2 unspecified atom stereocenters. The fourth-order valence-corrected chi connectivity index (χ4v) is 2.82. The highest BCUT2D eigenvalue weighted by atomic mass is 19.4. The van der Waals surface area contributed by atoms with Gasteiger partial charge in [0.15, 0.2) is 0 Å². The molecule has 1 aromatic carbocycles. The number of carbonyl (C=O) groups excluding carboxylic acids is 1. The summed E-state index contributed by atoms with van der Waals surface area (Å²) in [7, 11) is 0. The third kappa shape index (κ3) is 1.96. The van der Waals surface area contributed by atoms with E-state index in [1.165, 1.54) is 4.90 Å². The predicted octanol–water partition coefficient (Wildman–Crippen LogP) is 1.87. The SMILES string of the molecule is NC1C2CN(C(=O)c3cccc(C(F)(F)F)c3F)CC12. The summed E-state index contributed by atoms with van der Waals surface area (Å²) >= 11 is 0. The Morgan fingerprint density at radius 1 is 1.25 bits per heavy atom. The normalized spacial score (nSPS) is 28.4. The van der Waals surface area contributed by atoms with Crippen molar-refractivity contribution in [3.63, 3.8) is 0 Å². The number of halogens is 4. The Morgan fingerprint density at radius 3 is 2.40 bits per heavy atom. The molecule has 20 heavy (non-hydrogen) atoms. The average Bonchev–Trinajstić information content (AvgIpc) is 2.80. The van der Waals surface area contributed by atoms with Crippen LogP contribution in [0.2, 0.25) is 0 Å². The van der Waals surface area contributed by atoms with Gasteiger partial charge in [-0.3, -0.25) is 4.79 Å². The van der Waals surface area contributed by atoms with E-state index in [0.717, 1.165) is 12.1 Å². The second kappa shape index (κ2) is 4.18. The standard InChI is InChI=1S/C13H12F4N2O/c14-10-6(2-1-3-9(10)13(15,16)17)12(20)19-4-7-8(5-19)11(7)18/h1-3,7-8,11H,4-5,18H2. The second-order valence-electron chi connectivity index (χ2n) is 5.28. The topological polar surface area (TPSA) is 46.3 Å². The molecule has 3 rings (SSSR count). The Bertz CT molecular complexity index is 560. The van der Waals surface area contributed by atoms with Gasteiger partial charge < -0.3 is 10.6 Å². The molecule has 1 saturated heterocycles. The van der Waals surface area contributed by atoms with Crippen molar-refractivity contribution in [3.05, 3.63) is 35.1 Å². The molecule has 0 spiro atoms. The van der Waals surface area contributed by atoms with E-state index in [4.69, 9.17) is 5.73 Å². The first-order valence-corrected chi connectivity index (χ1v) is 6.21. The van der Waals surface area contributed by atoms with Gasteiger partial charge in [-0.2, -0.15) is 13.2 Å². The number of hydrogen-bond acceptors (Lipinski definition) is 2. The van der Waals surface area contributed by atoms with Gasteiger partial charge in [-0.25, -0.2) is 4.39 Å². The smallest absolute Gasteiger partial charge is 0.338 e. The summed E-state index contributed by atoms with van der Waals surface area (Å²) in [5, 5.41) is 0. The van der Waals surface area contributed by atoms with E-state index in [2.05, 4.69) is 0 Å². The maximum Gasteiger partial charge on any atom is 0.419 e. The summed E-state index contributed by atoms with van der Waals surface area (Å²) in [5.41, 5.74) is 3.78. The van der Waals surface area contributed by atoms with Crippen LogP contribution in [0.15, 0.2) is 18.2 Å². The van der Waals surface area contributed by atoms with Gasteiger partial charge in [0, 0.05) is 19.1 Å². The summed E-state index contributed by atoms with van der Waals surface area (Å²) in [4.78, 5) is 13.5. The number of hydrogen-bond donors (Lipinski definition) is 1. The maximum absolute atomic E-state index is 13.9. The van der Waals surface area contributed by atoms with Gasteiger partial charge in [0.05, 0.1) is 11.1 Å². The molecule has 1 saturated carbocycles. The quantitative estimate of drug-likeness (QED) is 0.802. The average molecular weight is 288 g/mol. The largest absolute Gasteiger partial charge is 0.419 e. The number of nitrogens with two attached hydrogens (primary N) is 1. The van der Waals surface area contributed by atoms with E-state index in [1.54, 1.807) is 0 Å². The highest BCUT2D eigenvalue weighted by Gasteiger charge is 2.54. The molecule has 0 bridgehead atoms. The Balaban J connectivity index is 1.86. The van der Waals surface area contributed by atoms with Gasteiger partial charge in [0.2, 0.25) is 0 Å². The lowest BCUT2D eigenvalue weighted by atomic mass is 10.1. The lowest BCUT2D eigenvalue weighted by Gasteiger charge is -2.20. The van der Waals surface area contributed by atoms with E-state index in [9.17, 15) is 22.4 Å². The van der Waals surface area contributed by atoms with E-state index in [0.29, 0.717) is 19.2 Å². The number of nitrogens with zero attached hydrogens (tertiary/aromatic N) is 1. The lowest BCUT2D eigenvalue weighted by molar-refractivity contribution is -0.140. The van der Waals surface area contributed by atoms with Crippen LogP contribution < -0.4 is 5.73 Å². The van der Waals surface area contributed by atoms with Gasteiger partial charge in [0.1, 0.15) is 5.82 Å². The molecule has 108 valence electrons. The van der Waals surface area contributed by atoms with Crippen LogP contribution in [0.4, 0.5) is 17.6 Å². The van der Waals surface area contributed by atoms with Crippen molar-refractivity contribution >= 4 is 5.91 Å². The molecule has 3 nitrogen and oxygen atoms in total. The van der Waals surface area contributed by atoms with Crippen molar-refractivity contribution in [1.82, 2.24) is 4.90 Å². The minimum Gasteiger partial charge on any atom is -0.338 e. The number of rotatable bonds is 1. The van der Waals surface area contributed by atoms with E-state index in [1.807, 2.05) is 0 Å². The van der Waals surface area contributed by atoms with Crippen LogP contribution in [-0.4, -0.2) is 29.9 Å². The monoisotopic (exact) mass is 288 g/mol. The molecule has 7 heteroatoms. The van der Waals surface area contributed by atoms with Crippen molar-refractivity contribution in [2.45, 2.75) is 12.2 Å². The molecule has 1 heterocycles. The molecule has 1 aliphatic heterocycles. The van der Waals surface area contributed by atoms with E-state index >= 15 is 0 Å². The van der Waals surface area contributed by atoms with E-state index < -0.39 is 29.0 Å². The fraction of sp³-hybridized carbons (Fsp3) is 0.462. The maximum atomic E-state index is 13.9. The van der Waals surface area contributed by atoms with Crippen LogP contribution in [-0.2, 0) is 6.18 Å². The summed E-state index contributed by atoms with van der Waals surface area (Å²) in [5.74, 6) is -1.80. The van der Waals surface area contributed by atoms with Crippen molar-refractivity contribution < 1.29 is 22.4 Å². The number of likely N-dealkylation sites (tertiary alicyclic amines) is 1. The van der Waals surface area contributed by atoms with Crippen molar-refractivity contribution in [2.24, 2.45) is 17.6 Å². The third-order valence-electron chi connectivity index (χ3n) is 4.08. The molecular weight excluding hydrogens is 276 g/mol. The number of fused-ring (bicyclic) bond motifs is 1. The van der Waals surface area contributed by atoms with E-state index in [-0.39, 0.29) is 17.9 Å². The minimum absolute atomic E-state index is 0.0606. The highest BCUT2D eigenvalue weighted by Crippen LogP contribution is 2.44. The second-order valence-corrected chi connectivity index (χ2v) is 5.28. The predicted molar refractivity (Wildman–Crippen MR) is 62.3 cm³/mol. The van der Waals surface area contributed by atoms with Crippen LogP contribution in [0.3, 0.4) is 0 Å². The number of carbonyl (C=O) groups is 1. The Kier molecular flexibility index (Phi) is 2.79. The van der Waals surface area contributed by atoms with Crippen molar-refractivity contribution in [1.29, 1.82) is 0 Å². The molecule has 1 amide bonds. The van der Waals surface area contributed by atoms with Gasteiger partial charge in [-0.1, -0.05) is 6.07 Å². The van der Waals surface area contributed by atoms with Crippen LogP contribution in [0.1, 0.15) is 15.9 Å². The molecule has 0 aromatic heterocycles. The van der Waals surface area contributed by atoms with Gasteiger partial charge in [-0.15, -0.1) is 0 Å². The summed E-state index contributed by atoms with van der Waals surface area (Å²) in [6.07, 6.45) is -4.81. The fourth-order valence-electron chi connectivity index (χ4n) is 2.82. The number of alkyl halides is 3.